The van der Waals surface area contributed by atoms with Crippen LogP contribution < -0.4 is 5.32 Å². The Balaban J connectivity index is 1.45. The Morgan fingerprint density at radius 3 is 2.73 bits per heavy atom. The molecule has 2 atom stereocenters. The van der Waals surface area contributed by atoms with Crippen LogP contribution >= 0.6 is 0 Å². The van der Waals surface area contributed by atoms with Crippen molar-refractivity contribution in [1.29, 1.82) is 0 Å². The third kappa shape index (κ3) is 4.79. The molecule has 2 unspecified atom stereocenters. The predicted molar refractivity (Wildman–Crippen MR) is 100 cm³/mol. The zero-order chi connectivity index (χ0) is 18.7. The topological polar surface area (TPSA) is 69.6 Å². The van der Waals surface area contributed by atoms with Crippen molar-refractivity contribution in [3.05, 3.63) is 0 Å². The molecule has 3 rings (SSSR count). The van der Waals surface area contributed by atoms with Gasteiger partial charge < -0.3 is 24.6 Å². The summed E-state index contributed by atoms with van der Waals surface area (Å²) in [6.07, 6.45) is -0.223. The number of guanidine groups is 1. The molecule has 8 heteroatoms. The summed E-state index contributed by atoms with van der Waals surface area (Å²) in [7, 11) is 0. The van der Waals surface area contributed by atoms with Crippen LogP contribution in [0.3, 0.4) is 0 Å². The summed E-state index contributed by atoms with van der Waals surface area (Å²) in [5.41, 5.74) is -0.456. The number of nitrogens with zero attached hydrogens (tertiary/aromatic N) is 4. The van der Waals surface area contributed by atoms with Gasteiger partial charge in [-0.15, -0.1) is 0 Å². The number of morpholine rings is 1. The van der Waals surface area contributed by atoms with Gasteiger partial charge in [-0.05, 0) is 27.7 Å². The number of carbonyl (C=O) groups excluding carboxylic acids is 1. The first-order chi connectivity index (χ1) is 12.3. The summed E-state index contributed by atoms with van der Waals surface area (Å²) in [4.78, 5) is 23.5. The Morgan fingerprint density at radius 2 is 2.04 bits per heavy atom. The van der Waals surface area contributed by atoms with E-state index in [2.05, 4.69) is 27.0 Å². The van der Waals surface area contributed by atoms with Gasteiger partial charge in [0.05, 0.1) is 25.8 Å². The van der Waals surface area contributed by atoms with Crippen LogP contribution in [0.4, 0.5) is 4.79 Å². The SMILES string of the molecule is CC(CNC1=NCC2CN(C(=O)OC(C)(C)C)CCN12)N1CCOCC1. The normalized spacial score (nSPS) is 25.5. The van der Waals surface area contributed by atoms with Crippen molar-refractivity contribution in [2.24, 2.45) is 4.99 Å². The Bertz CT molecular complexity index is 527. The van der Waals surface area contributed by atoms with E-state index in [1.54, 1.807) is 4.90 Å². The molecular weight excluding hydrogens is 334 g/mol. The maximum atomic E-state index is 12.3. The van der Waals surface area contributed by atoms with Crippen LogP contribution in [-0.4, -0.2) is 103 Å². The van der Waals surface area contributed by atoms with Crippen LogP contribution in [0.2, 0.25) is 0 Å². The fraction of sp³-hybridized carbons (Fsp3) is 0.889. The van der Waals surface area contributed by atoms with E-state index in [0.717, 1.165) is 51.9 Å². The maximum absolute atomic E-state index is 12.3. The fourth-order valence-corrected chi connectivity index (χ4v) is 3.61. The number of nitrogens with one attached hydrogen (secondary N) is 1. The van der Waals surface area contributed by atoms with Crippen molar-refractivity contribution < 1.29 is 14.3 Å². The monoisotopic (exact) mass is 367 g/mol. The first-order valence-corrected chi connectivity index (χ1v) is 9.68. The van der Waals surface area contributed by atoms with E-state index < -0.39 is 5.60 Å². The number of fused-ring (bicyclic) bond motifs is 1. The van der Waals surface area contributed by atoms with Gasteiger partial charge in [0, 0.05) is 45.3 Å². The van der Waals surface area contributed by atoms with Gasteiger partial charge in [-0.25, -0.2) is 4.79 Å². The molecule has 3 aliphatic heterocycles. The molecule has 148 valence electrons. The Hall–Kier alpha value is -1.54. The van der Waals surface area contributed by atoms with E-state index in [-0.39, 0.29) is 12.1 Å². The van der Waals surface area contributed by atoms with E-state index in [9.17, 15) is 4.79 Å². The molecule has 0 aromatic heterocycles. The fourth-order valence-electron chi connectivity index (χ4n) is 3.61. The van der Waals surface area contributed by atoms with E-state index in [4.69, 9.17) is 9.47 Å². The summed E-state index contributed by atoms with van der Waals surface area (Å²) in [5.74, 6) is 0.971. The molecule has 2 fully saturated rings. The van der Waals surface area contributed by atoms with Crippen LogP contribution in [0.5, 0.6) is 0 Å². The molecule has 26 heavy (non-hydrogen) atoms. The lowest BCUT2D eigenvalue weighted by Crippen LogP contribution is -2.58. The van der Waals surface area contributed by atoms with E-state index >= 15 is 0 Å². The molecule has 1 N–H and O–H groups in total. The lowest BCUT2D eigenvalue weighted by Gasteiger charge is -2.39. The second kappa shape index (κ2) is 8.00. The molecule has 0 aromatic carbocycles. The van der Waals surface area contributed by atoms with Crippen LogP contribution in [-0.2, 0) is 9.47 Å². The average molecular weight is 367 g/mol. The van der Waals surface area contributed by atoms with Gasteiger partial charge in [0.1, 0.15) is 5.60 Å². The van der Waals surface area contributed by atoms with E-state index in [1.165, 1.54) is 0 Å². The number of hydrogen-bond acceptors (Lipinski definition) is 7. The third-order valence-corrected chi connectivity index (χ3v) is 5.08. The molecule has 0 aromatic rings. The number of rotatable bonds is 3. The van der Waals surface area contributed by atoms with E-state index in [1.807, 2.05) is 20.8 Å². The van der Waals surface area contributed by atoms with Crippen molar-refractivity contribution in [2.45, 2.75) is 45.4 Å². The molecule has 0 saturated carbocycles. The van der Waals surface area contributed by atoms with Gasteiger partial charge in [-0.2, -0.15) is 0 Å². The Morgan fingerprint density at radius 1 is 1.31 bits per heavy atom. The first-order valence-electron chi connectivity index (χ1n) is 9.68. The quantitative estimate of drug-likeness (QED) is 0.787. The summed E-state index contributed by atoms with van der Waals surface area (Å²) < 4.78 is 10.9. The summed E-state index contributed by atoms with van der Waals surface area (Å²) in [6.45, 7) is 15.3. The predicted octanol–water partition coefficient (Wildman–Crippen LogP) is 0.588. The molecule has 3 heterocycles. The Kier molecular flexibility index (Phi) is 5.92. The minimum Gasteiger partial charge on any atom is -0.444 e. The molecule has 0 aliphatic carbocycles. The first kappa shape index (κ1) is 19.2. The number of piperazine rings is 1. The van der Waals surface area contributed by atoms with Gasteiger partial charge in [0.25, 0.3) is 0 Å². The van der Waals surface area contributed by atoms with Gasteiger partial charge in [0.15, 0.2) is 5.96 Å². The van der Waals surface area contributed by atoms with Crippen molar-refractivity contribution in [3.8, 4) is 0 Å². The van der Waals surface area contributed by atoms with Gasteiger partial charge >= 0.3 is 6.09 Å². The summed E-state index contributed by atoms with van der Waals surface area (Å²) in [6, 6.07) is 0.696. The lowest BCUT2D eigenvalue weighted by molar-refractivity contribution is 0.0134. The van der Waals surface area contributed by atoms with Crippen molar-refractivity contribution >= 4 is 12.1 Å². The second-order valence-electron chi connectivity index (χ2n) is 8.32. The molecular formula is C18H33N5O3. The van der Waals surface area contributed by atoms with Crippen molar-refractivity contribution in [1.82, 2.24) is 20.0 Å². The number of ether oxygens (including phenoxy) is 2. The molecule has 2 saturated heterocycles. The number of carbonyl (C=O) groups is 1. The minimum absolute atomic E-state index is 0.223. The van der Waals surface area contributed by atoms with Gasteiger partial charge in [-0.3, -0.25) is 9.89 Å². The molecule has 1 amide bonds. The summed E-state index contributed by atoms with van der Waals surface area (Å²) in [5, 5.41) is 3.52. The summed E-state index contributed by atoms with van der Waals surface area (Å²) >= 11 is 0. The molecule has 0 radical (unpaired) electrons. The molecule has 3 aliphatic rings. The highest BCUT2D eigenvalue weighted by Crippen LogP contribution is 2.18. The van der Waals surface area contributed by atoms with Crippen LogP contribution in [0.25, 0.3) is 0 Å². The Labute approximate surface area is 156 Å². The van der Waals surface area contributed by atoms with Crippen molar-refractivity contribution in [3.63, 3.8) is 0 Å². The highest BCUT2D eigenvalue weighted by molar-refractivity contribution is 5.82. The average Bonchev–Trinajstić information content (AvgIpc) is 3.01. The molecule has 8 nitrogen and oxygen atoms in total. The zero-order valence-electron chi connectivity index (χ0n) is 16.5. The number of aliphatic imine (C=N–C) groups is 1. The largest absolute Gasteiger partial charge is 0.444 e. The maximum Gasteiger partial charge on any atom is 0.410 e. The number of amides is 1. The lowest BCUT2D eigenvalue weighted by atomic mass is 10.2. The van der Waals surface area contributed by atoms with Gasteiger partial charge in [-0.1, -0.05) is 0 Å². The van der Waals surface area contributed by atoms with Gasteiger partial charge in [0.2, 0.25) is 0 Å². The third-order valence-electron chi connectivity index (χ3n) is 5.08. The second-order valence-corrected chi connectivity index (χ2v) is 8.32. The molecule has 0 spiro atoms. The van der Waals surface area contributed by atoms with E-state index in [0.29, 0.717) is 19.1 Å². The standard InChI is InChI=1S/C18H33N5O3/c1-14(21-7-9-25-10-8-21)11-19-16-20-12-15-13-22(5-6-23(15)16)17(24)26-18(2,3)4/h14-15H,5-13H2,1-4H3,(H,19,20). The highest BCUT2D eigenvalue weighted by atomic mass is 16.6. The smallest absolute Gasteiger partial charge is 0.410 e. The van der Waals surface area contributed by atoms with Crippen molar-refractivity contribution in [2.75, 3.05) is 59.0 Å². The van der Waals surface area contributed by atoms with Crippen LogP contribution in [0.15, 0.2) is 4.99 Å². The van der Waals surface area contributed by atoms with Crippen LogP contribution in [0, 0.1) is 0 Å². The minimum atomic E-state index is -0.456. The zero-order valence-corrected chi connectivity index (χ0v) is 16.5. The highest BCUT2D eigenvalue weighted by Gasteiger charge is 2.36. The van der Waals surface area contributed by atoms with Crippen LogP contribution in [0.1, 0.15) is 27.7 Å². The molecule has 0 bridgehead atoms. The number of hydrogen-bond donors (Lipinski definition) is 1.